The fraction of sp³-hybridized carbons (Fsp3) is 0.429. The first kappa shape index (κ1) is 12.2. The Kier molecular flexibility index (Phi) is 3.21. The summed E-state index contributed by atoms with van der Waals surface area (Å²) in [6.45, 7) is 4.92. The third-order valence-corrected chi connectivity index (χ3v) is 3.26. The van der Waals surface area contributed by atoms with Crippen molar-refractivity contribution in [2.75, 3.05) is 6.54 Å². The van der Waals surface area contributed by atoms with Crippen molar-refractivity contribution in [3.63, 3.8) is 0 Å². The highest BCUT2D eigenvalue weighted by Crippen LogP contribution is 2.35. The molecule has 2 atom stereocenters. The summed E-state index contributed by atoms with van der Waals surface area (Å²) >= 11 is 0. The monoisotopic (exact) mass is 259 g/mol. The lowest BCUT2D eigenvalue weighted by atomic mass is 10.1. The molecule has 0 aliphatic carbocycles. The Morgan fingerprint density at radius 3 is 3.00 bits per heavy atom. The summed E-state index contributed by atoms with van der Waals surface area (Å²) in [7, 11) is 0. The SMILES string of the molecule is CCNC(C)c1nnc(C2Cc3ccccc3O2)o1. The lowest BCUT2D eigenvalue weighted by Gasteiger charge is -2.07. The van der Waals surface area contributed by atoms with Gasteiger partial charge in [-0.2, -0.15) is 0 Å². The van der Waals surface area contributed by atoms with Crippen LogP contribution in [-0.4, -0.2) is 16.7 Å². The average molecular weight is 259 g/mol. The van der Waals surface area contributed by atoms with Crippen molar-refractivity contribution in [3.05, 3.63) is 41.6 Å². The molecule has 1 aromatic carbocycles. The summed E-state index contributed by atoms with van der Waals surface area (Å²) in [6, 6.07) is 8.07. The average Bonchev–Trinajstić information content (AvgIpc) is 3.05. The van der Waals surface area contributed by atoms with Gasteiger partial charge in [-0.1, -0.05) is 25.1 Å². The smallest absolute Gasteiger partial charge is 0.257 e. The molecule has 5 heteroatoms. The molecule has 1 aromatic heterocycles. The number of nitrogens with zero attached hydrogens (tertiary/aromatic N) is 2. The summed E-state index contributed by atoms with van der Waals surface area (Å²) in [4.78, 5) is 0. The second kappa shape index (κ2) is 5.01. The Balaban J connectivity index is 1.75. The van der Waals surface area contributed by atoms with E-state index in [2.05, 4.69) is 21.6 Å². The quantitative estimate of drug-likeness (QED) is 0.913. The van der Waals surface area contributed by atoms with Gasteiger partial charge in [0.25, 0.3) is 5.89 Å². The molecule has 0 saturated carbocycles. The van der Waals surface area contributed by atoms with Gasteiger partial charge in [0.2, 0.25) is 5.89 Å². The number of nitrogens with one attached hydrogen (secondary N) is 1. The highest BCUT2D eigenvalue weighted by atomic mass is 16.5. The highest BCUT2D eigenvalue weighted by Gasteiger charge is 2.29. The van der Waals surface area contributed by atoms with Gasteiger partial charge in [0, 0.05) is 6.42 Å². The zero-order chi connectivity index (χ0) is 13.2. The van der Waals surface area contributed by atoms with E-state index < -0.39 is 0 Å². The van der Waals surface area contributed by atoms with Crippen LogP contribution in [0.5, 0.6) is 5.75 Å². The molecule has 2 heterocycles. The highest BCUT2D eigenvalue weighted by molar-refractivity contribution is 5.37. The Morgan fingerprint density at radius 2 is 2.21 bits per heavy atom. The van der Waals surface area contributed by atoms with Crippen molar-refractivity contribution in [2.45, 2.75) is 32.4 Å². The van der Waals surface area contributed by atoms with E-state index in [1.54, 1.807) is 0 Å². The molecule has 0 radical (unpaired) electrons. The molecule has 1 aliphatic rings. The van der Waals surface area contributed by atoms with Crippen LogP contribution in [0.2, 0.25) is 0 Å². The van der Waals surface area contributed by atoms with Gasteiger partial charge in [0.15, 0.2) is 6.10 Å². The van der Waals surface area contributed by atoms with E-state index in [4.69, 9.17) is 9.15 Å². The number of fused-ring (bicyclic) bond motifs is 1. The van der Waals surface area contributed by atoms with E-state index >= 15 is 0 Å². The summed E-state index contributed by atoms with van der Waals surface area (Å²) in [5.41, 5.74) is 1.19. The van der Waals surface area contributed by atoms with Crippen LogP contribution >= 0.6 is 0 Å². The predicted molar refractivity (Wildman–Crippen MR) is 69.9 cm³/mol. The van der Waals surface area contributed by atoms with Gasteiger partial charge in [-0.05, 0) is 25.1 Å². The number of hydrogen-bond donors (Lipinski definition) is 1. The molecule has 0 spiro atoms. The number of ether oxygens (including phenoxy) is 1. The van der Waals surface area contributed by atoms with Crippen molar-refractivity contribution < 1.29 is 9.15 Å². The van der Waals surface area contributed by atoms with Crippen LogP contribution in [-0.2, 0) is 6.42 Å². The third-order valence-electron chi connectivity index (χ3n) is 3.26. The first-order valence-electron chi connectivity index (χ1n) is 6.59. The zero-order valence-corrected chi connectivity index (χ0v) is 11.1. The van der Waals surface area contributed by atoms with Crippen molar-refractivity contribution in [2.24, 2.45) is 0 Å². The van der Waals surface area contributed by atoms with E-state index in [1.165, 1.54) is 5.56 Å². The number of hydrogen-bond acceptors (Lipinski definition) is 5. The van der Waals surface area contributed by atoms with Gasteiger partial charge in [-0.25, -0.2) is 0 Å². The maximum Gasteiger partial charge on any atom is 0.257 e. The molecule has 0 amide bonds. The van der Waals surface area contributed by atoms with E-state index in [1.807, 2.05) is 32.0 Å². The summed E-state index contributed by atoms with van der Waals surface area (Å²) in [5, 5.41) is 11.4. The van der Waals surface area contributed by atoms with Crippen molar-refractivity contribution >= 4 is 0 Å². The van der Waals surface area contributed by atoms with Gasteiger partial charge in [-0.15, -0.1) is 10.2 Å². The normalized spacial score (nSPS) is 18.9. The number of para-hydroxylation sites is 1. The van der Waals surface area contributed by atoms with E-state index in [-0.39, 0.29) is 12.1 Å². The number of aromatic nitrogens is 2. The van der Waals surface area contributed by atoms with Crippen LogP contribution in [0.15, 0.2) is 28.7 Å². The lowest BCUT2D eigenvalue weighted by Crippen LogP contribution is -2.17. The molecule has 0 fully saturated rings. The third kappa shape index (κ3) is 2.33. The molecular formula is C14H17N3O2. The number of benzene rings is 1. The van der Waals surface area contributed by atoms with Gasteiger partial charge in [-0.3, -0.25) is 0 Å². The van der Waals surface area contributed by atoms with Crippen LogP contribution < -0.4 is 10.1 Å². The molecule has 2 aromatic rings. The van der Waals surface area contributed by atoms with Gasteiger partial charge < -0.3 is 14.5 Å². The van der Waals surface area contributed by atoms with Gasteiger partial charge in [0.05, 0.1) is 6.04 Å². The van der Waals surface area contributed by atoms with Crippen LogP contribution in [0, 0.1) is 0 Å². The molecule has 19 heavy (non-hydrogen) atoms. The topological polar surface area (TPSA) is 60.2 Å². The summed E-state index contributed by atoms with van der Waals surface area (Å²) in [6.07, 6.45) is 0.625. The second-order valence-corrected chi connectivity index (χ2v) is 4.68. The van der Waals surface area contributed by atoms with Crippen LogP contribution in [0.1, 0.15) is 43.3 Å². The molecule has 1 aliphatic heterocycles. The standard InChI is InChI=1S/C14H17N3O2/c1-3-15-9(2)13-16-17-14(19-13)12-8-10-6-4-5-7-11(10)18-12/h4-7,9,12,15H,3,8H2,1-2H3. The maximum absolute atomic E-state index is 5.83. The molecule has 0 saturated heterocycles. The van der Waals surface area contributed by atoms with E-state index in [0.29, 0.717) is 11.8 Å². The molecule has 1 N–H and O–H groups in total. The minimum Gasteiger partial charge on any atom is -0.480 e. The number of rotatable bonds is 4. The Morgan fingerprint density at radius 1 is 1.37 bits per heavy atom. The minimum atomic E-state index is -0.160. The Bertz CT molecular complexity index is 542. The van der Waals surface area contributed by atoms with Gasteiger partial charge in [0.1, 0.15) is 5.75 Å². The minimum absolute atomic E-state index is 0.0648. The van der Waals surface area contributed by atoms with E-state index in [9.17, 15) is 0 Å². The maximum atomic E-state index is 5.83. The molecule has 2 unspecified atom stereocenters. The second-order valence-electron chi connectivity index (χ2n) is 4.68. The summed E-state index contributed by atoms with van der Waals surface area (Å²) in [5.74, 6) is 2.07. The van der Waals surface area contributed by atoms with Crippen molar-refractivity contribution in [1.29, 1.82) is 0 Å². The molecule has 100 valence electrons. The summed E-state index contributed by atoms with van der Waals surface area (Å²) < 4.78 is 11.5. The van der Waals surface area contributed by atoms with Crippen LogP contribution in [0.4, 0.5) is 0 Å². The van der Waals surface area contributed by atoms with Crippen molar-refractivity contribution in [3.8, 4) is 5.75 Å². The Labute approximate surface area is 112 Å². The molecular weight excluding hydrogens is 242 g/mol. The molecule has 0 bridgehead atoms. The van der Waals surface area contributed by atoms with E-state index in [0.717, 1.165) is 18.7 Å². The van der Waals surface area contributed by atoms with Crippen LogP contribution in [0.25, 0.3) is 0 Å². The van der Waals surface area contributed by atoms with Crippen molar-refractivity contribution in [1.82, 2.24) is 15.5 Å². The van der Waals surface area contributed by atoms with Gasteiger partial charge >= 0.3 is 0 Å². The van der Waals surface area contributed by atoms with Crippen LogP contribution in [0.3, 0.4) is 0 Å². The fourth-order valence-corrected chi connectivity index (χ4v) is 2.26. The molecule has 3 rings (SSSR count). The Hall–Kier alpha value is -1.88. The fourth-order valence-electron chi connectivity index (χ4n) is 2.26. The molecule has 5 nitrogen and oxygen atoms in total. The largest absolute Gasteiger partial charge is 0.480 e. The lowest BCUT2D eigenvalue weighted by molar-refractivity contribution is 0.193. The zero-order valence-electron chi connectivity index (χ0n) is 11.1. The predicted octanol–water partition coefficient (Wildman–Crippen LogP) is 2.42. The first-order chi connectivity index (χ1) is 9.28. The first-order valence-corrected chi connectivity index (χ1v) is 6.59.